The Bertz CT molecular complexity index is 763. The molecular formula is C17H12FNO3. The molecule has 0 saturated heterocycles. The van der Waals surface area contributed by atoms with E-state index in [1.807, 2.05) is 0 Å². The fourth-order valence-electron chi connectivity index (χ4n) is 1.91. The molecule has 0 aliphatic rings. The van der Waals surface area contributed by atoms with Gasteiger partial charge in [-0.05, 0) is 48.5 Å². The van der Waals surface area contributed by atoms with Gasteiger partial charge in [-0.1, -0.05) is 0 Å². The molecular weight excluding hydrogens is 285 g/mol. The van der Waals surface area contributed by atoms with Crippen molar-refractivity contribution < 1.29 is 18.3 Å². The van der Waals surface area contributed by atoms with E-state index in [1.54, 1.807) is 42.6 Å². The van der Waals surface area contributed by atoms with E-state index < -0.39 is 0 Å². The van der Waals surface area contributed by atoms with Crippen molar-refractivity contribution in [3.63, 3.8) is 0 Å². The highest BCUT2D eigenvalue weighted by Crippen LogP contribution is 2.21. The van der Waals surface area contributed by atoms with Crippen LogP contribution < -0.4 is 4.74 Å². The third-order valence-electron chi connectivity index (χ3n) is 3.06. The van der Waals surface area contributed by atoms with E-state index in [-0.39, 0.29) is 12.4 Å². The molecule has 22 heavy (non-hydrogen) atoms. The fourth-order valence-corrected chi connectivity index (χ4v) is 1.91. The van der Waals surface area contributed by atoms with Crippen molar-refractivity contribution in [2.45, 2.75) is 6.61 Å². The zero-order valence-electron chi connectivity index (χ0n) is 11.5. The minimum atomic E-state index is -0.300. The average Bonchev–Trinajstić information content (AvgIpc) is 3.03. The number of oxazole rings is 1. The van der Waals surface area contributed by atoms with Crippen LogP contribution in [0.25, 0.3) is 11.3 Å². The number of halogens is 1. The van der Waals surface area contributed by atoms with Gasteiger partial charge in [-0.25, -0.2) is 9.37 Å². The minimum Gasteiger partial charge on any atom is -0.484 e. The highest BCUT2D eigenvalue weighted by Gasteiger charge is 2.07. The zero-order valence-corrected chi connectivity index (χ0v) is 11.5. The van der Waals surface area contributed by atoms with E-state index in [9.17, 15) is 9.18 Å². The first kappa shape index (κ1) is 14.0. The van der Waals surface area contributed by atoms with Gasteiger partial charge >= 0.3 is 0 Å². The van der Waals surface area contributed by atoms with Gasteiger partial charge in [0.15, 0.2) is 12.4 Å². The van der Waals surface area contributed by atoms with Gasteiger partial charge in [-0.2, -0.15) is 0 Å². The number of aromatic nitrogens is 1. The Morgan fingerprint density at radius 2 is 1.82 bits per heavy atom. The Hall–Kier alpha value is -2.95. The van der Waals surface area contributed by atoms with Crippen LogP contribution in [0.15, 0.2) is 59.1 Å². The van der Waals surface area contributed by atoms with Crippen LogP contribution in [-0.2, 0) is 6.61 Å². The summed E-state index contributed by atoms with van der Waals surface area (Å²) in [5.74, 6) is 1.28. The molecule has 0 aliphatic carbocycles. The molecule has 3 aromatic rings. The second-order valence-electron chi connectivity index (χ2n) is 4.60. The highest BCUT2D eigenvalue weighted by molar-refractivity contribution is 5.74. The Morgan fingerprint density at radius 3 is 2.50 bits per heavy atom. The first-order valence-electron chi connectivity index (χ1n) is 6.63. The van der Waals surface area contributed by atoms with Crippen molar-refractivity contribution in [3.8, 4) is 17.1 Å². The van der Waals surface area contributed by atoms with Crippen LogP contribution >= 0.6 is 0 Å². The highest BCUT2D eigenvalue weighted by atomic mass is 19.1. The molecule has 1 aromatic heterocycles. The summed E-state index contributed by atoms with van der Waals surface area (Å²) in [4.78, 5) is 14.7. The van der Waals surface area contributed by atoms with Crippen molar-refractivity contribution in [2.24, 2.45) is 0 Å². The van der Waals surface area contributed by atoms with Crippen LogP contribution in [0, 0.1) is 5.82 Å². The summed E-state index contributed by atoms with van der Waals surface area (Å²) >= 11 is 0. The van der Waals surface area contributed by atoms with E-state index >= 15 is 0 Å². The van der Waals surface area contributed by atoms with Gasteiger partial charge < -0.3 is 9.15 Å². The molecule has 3 rings (SSSR count). The molecule has 0 spiro atoms. The van der Waals surface area contributed by atoms with E-state index in [1.165, 1.54) is 12.1 Å². The van der Waals surface area contributed by atoms with Gasteiger partial charge in [-0.3, -0.25) is 4.79 Å². The lowest BCUT2D eigenvalue weighted by Crippen LogP contribution is -1.95. The van der Waals surface area contributed by atoms with Gasteiger partial charge in [0.2, 0.25) is 5.89 Å². The number of benzene rings is 2. The summed E-state index contributed by atoms with van der Waals surface area (Å²) in [5, 5.41) is 0. The maximum atomic E-state index is 12.9. The molecule has 4 nitrogen and oxygen atoms in total. The molecule has 0 fully saturated rings. The maximum absolute atomic E-state index is 12.9. The molecule has 0 aliphatic heterocycles. The van der Waals surface area contributed by atoms with Gasteiger partial charge in [0.1, 0.15) is 17.9 Å². The molecule has 0 N–H and O–H groups in total. The van der Waals surface area contributed by atoms with Crippen LogP contribution in [0.3, 0.4) is 0 Å². The molecule has 2 aromatic carbocycles. The molecule has 5 heteroatoms. The standard InChI is InChI=1S/C17H12FNO3/c18-14-5-3-13(4-6-14)16-9-19-17(22-16)11-21-15-7-1-12(10-20)2-8-15/h1-10H,11H2. The monoisotopic (exact) mass is 297 g/mol. The van der Waals surface area contributed by atoms with E-state index in [0.29, 0.717) is 23.0 Å². The molecule has 0 atom stereocenters. The molecule has 0 amide bonds. The van der Waals surface area contributed by atoms with Crippen molar-refractivity contribution in [1.29, 1.82) is 0 Å². The van der Waals surface area contributed by atoms with Crippen molar-refractivity contribution in [1.82, 2.24) is 4.98 Å². The number of aldehydes is 1. The third-order valence-corrected chi connectivity index (χ3v) is 3.06. The largest absolute Gasteiger partial charge is 0.484 e. The first-order valence-corrected chi connectivity index (χ1v) is 6.63. The van der Waals surface area contributed by atoms with E-state index in [0.717, 1.165) is 11.8 Å². The van der Waals surface area contributed by atoms with E-state index in [2.05, 4.69) is 4.98 Å². The zero-order chi connectivity index (χ0) is 15.4. The van der Waals surface area contributed by atoms with Crippen molar-refractivity contribution in [2.75, 3.05) is 0 Å². The molecule has 0 unspecified atom stereocenters. The molecule has 110 valence electrons. The van der Waals surface area contributed by atoms with Crippen LogP contribution in [-0.4, -0.2) is 11.3 Å². The van der Waals surface area contributed by atoms with Crippen LogP contribution in [0.4, 0.5) is 4.39 Å². The fraction of sp³-hybridized carbons (Fsp3) is 0.0588. The summed E-state index contributed by atoms with van der Waals surface area (Å²) in [6.45, 7) is 0.168. The number of rotatable bonds is 5. The summed E-state index contributed by atoms with van der Waals surface area (Å²) in [6.07, 6.45) is 2.34. The molecule has 1 heterocycles. The minimum absolute atomic E-state index is 0.168. The SMILES string of the molecule is O=Cc1ccc(OCc2ncc(-c3ccc(F)cc3)o2)cc1. The second-order valence-corrected chi connectivity index (χ2v) is 4.60. The number of carbonyl (C=O) groups is 1. The van der Waals surface area contributed by atoms with Gasteiger partial charge in [-0.15, -0.1) is 0 Å². The normalized spacial score (nSPS) is 10.4. The Labute approximate surface area is 126 Å². The smallest absolute Gasteiger partial charge is 0.232 e. The lowest BCUT2D eigenvalue weighted by molar-refractivity contribution is 0.112. The number of carbonyl (C=O) groups excluding carboxylic acids is 1. The average molecular weight is 297 g/mol. The van der Waals surface area contributed by atoms with Crippen LogP contribution in [0.5, 0.6) is 5.75 Å². The molecule has 0 saturated carbocycles. The number of hydrogen-bond donors (Lipinski definition) is 0. The Balaban J connectivity index is 1.66. The predicted molar refractivity (Wildman–Crippen MR) is 78.1 cm³/mol. The Morgan fingerprint density at radius 1 is 1.09 bits per heavy atom. The maximum Gasteiger partial charge on any atom is 0.232 e. The van der Waals surface area contributed by atoms with Gasteiger partial charge in [0.05, 0.1) is 6.20 Å². The predicted octanol–water partition coefficient (Wildman–Crippen LogP) is 3.87. The summed E-state index contributed by atoms with van der Waals surface area (Å²) in [7, 11) is 0. The van der Waals surface area contributed by atoms with Gasteiger partial charge in [0, 0.05) is 11.1 Å². The first-order chi connectivity index (χ1) is 10.7. The van der Waals surface area contributed by atoms with E-state index in [4.69, 9.17) is 9.15 Å². The van der Waals surface area contributed by atoms with Crippen molar-refractivity contribution in [3.05, 3.63) is 72.0 Å². The quantitative estimate of drug-likeness (QED) is 0.671. The lowest BCUT2D eigenvalue weighted by atomic mass is 10.2. The summed E-state index contributed by atoms with van der Waals surface area (Å²) < 4.78 is 24.0. The third kappa shape index (κ3) is 3.20. The van der Waals surface area contributed by atoms with Gasteiger partial charge in [0.25, 0.3) is 0 Å². The lowest BCUT2D eigenvalue weighted by Gasteiger charge is -2.03. The molecule has 0 radical (unpaired) electrons. The Kier molecular flexibility index (Phi) is 3.96. The number of ether oxygens (including phenoxy) is 1. The number of hydrogen-bond acceptors (Lipinski definition) is 4. The summed E-state index contributed by atoms with van der Waals surface area (Å²) in [6, 6.07) is 12.7. The second kappa shape index (κ2) is 6.22. The number of nitrogens with zero attached hydrogens (tertiary/aromatic N) is 1. The summed E-state index contributed by atoms with van der Waals surface area (Å²) in [5.41, 5.74) is 1.33. The topological polar surface area (TPSA) is 52.3 Å². The van der Waals surface area contributed by atoms with Crippen molar-refractivity contribution >= 4 is 6.29 Å². The van der Waals surface area contributed by atoms with Crippen LogP contribution in [0.1, 0.15) is 16.2 Å². The van der Waals surface area contributed by atoms with Crippen LogP contribution in [0.2, 0.25) is 0 Å². The molecule has 0 bridgehead atoms.